The van der Waals surface area contributed by atoms with Crippen molar-refractivity contribution in [3.63, 3.8) is 0 Å². The van der Waals surface area contributed by atoms with Crippen molar-refractivity contribution in [3.05, 3.63) is 52.7 Å². The van der Waals surface area contributed by atoms with Gasteiger partial charge in [-0.15, -0.1) is 0 Å². The van der Waals surface area contributed by atoms with Crippen molar-refractivity contribution in [1.29, 1.82) is 0 Å². The van der Waals surface area contributed by atoms with Crippen LogP contribution in [0.4, 0.5) is 0 Å². The number of carbonyl (C=O) groups is 2. The molecule has 7 heteroatoms. The Morgan fingerprint density at radius 1 is 1.15 bits per heavy atom. The third kappa shape index (κ3) is 3.75. The summed E-state index contributed by atoms with van der Waals surface area (Å²) >= 11 is 0. The van der Waals surface area contributed by atoms with Gasteiger partial charge in [0.1, 0.15) is 12.6 Å². The number of hydrogen-bond donors (Lipinski definition) is 0. The van der Waals surface area contributed by atoms with E-state index in [4.69, 9.17) is 8.84 Å². The minimum atomic E-state index is -0.952. The first-order valence-corrected chi connectivity index (χ1v) is 11.4. The molecule has 3 rings (SSSR count). The minimum absolute atomic E-state index is 0.0140. The van der Waals surface area contributed by atoms with Gasteiger partial charge in [0.2, 0.25) is 14.9 Å². The van der Waals surface area contributed by atoms with Gasteiger partial charge in [0.05, 0.1) is 16.8 Å². The fraction of sp³-hybridized carbons (Fsp3) is 0.450. The first-order chi connectivity index (χ1) is 12.6. The van der Waals surface area contributed by atoms with Gasteiger partial charge in [-0.25, -0.2) is 4.98 Å². The molecule has 0 bridgehead atoms. The van der Waals surface area contributed by atoms with E-state index < -0.39 is 9.04 Å². The molecule has 0 saturated carbocycles. The lowest BCUT2D eigenvalue weighted by molar-refractivity contribution is 0.0581. The van der Waals surface area contributed by atoms with E-state index in [0.29, 0.717) is 22.8 Å². The Labute approximate surface area is 161 Å². The zero-order valence-corrected chi connectivity index (χ0v) is 17.6. The molecule has 0 fully saturated rings. The molecule has 2 aromatic rings. The Morgan fingerprint density at radius 3 is 2.19 bits per heavy atom. The molecule has 6 nitrogen and oxygen atoms in total. The predicted molar refractivity (Wildman–Crippen MR) is 103 cm³/mol. The number of aryl methyl sites for hydroxylation is 1. The molecule has 1 aliphatic heterocycles. The molecule has 1 aromatic heterocycles. The van der Waals surface area contributed by atoms with Crippen molar-refractivity contribution >= 4 is 20.9 Å². The summed E-state index contributed by atoms with van der Waals surface area (Å²) in [5, 5.41) is 0. The van der Waals surface area contributed by atoms with Crippen LogP contribution in [0.3, 0.4) is 0 Å². The minimum Gasteiger partial charge on any atom is -0.441 e. The Hall–Kier alpha value is -2.25. The molecule has 1 radical (unpaired) electrons. The van der Waals surface area contributed by atoms with Crippen molar-refractivity contribution in [3.8, 4) is 0 Å². The highest BCUT2D eigenvalue weighted by Crippen LogP contribution is 2.38. The van der Waals surface area contributed by atoms with Crippen molar-refractivity contribution in [2.45, 2.75) is 53.4 Å². The van der Waals surface area contributed by atoms with Gasteiger partial charge in [0, 0.05) is 0 Å². The normalized spacial score (nSPS) is 15.6. The topological polar surface area (TPSA) is 72.6 Å². The first-order valence-electron chi connectivity index (χ1n) is 8.98. The summed E-state index contributed by atoms with van der Waals surface area (Å²) in [5.41, 5.74) is 1.40. The van der Waals surface area contributed by atoms with E-state index in [0.717, 1.165) is 5.69 Å². The maximum atomic E-state index is 12.6. The summed E-state index contributed by atoms with van der Waals surface area (Å²) in [6.07, 6.45) is -0.232. The molecule has 0 saturated heterocycles. The van der Waals surface area contributed by atoms with Crippen LogP contribution in [0.5, 0.6) is 0 Å². The molecule has 0 aliphatic carbocycles. The molecule has 2 amide bonds. The monoisotopic (exact) mass is 385 g/mol. The number of fused-ring (bicyclic) bond motifs is 1. The summed E-state index contributed by atoms with van der Waals surface area (Å²) in [7, 11) is -0.952. The first kappa shape index (κ1) is 19.5. The molecule has 1 aliphatic rings. The SMILES string of the molecule is Cc1nc(CN2C(=O)c3ccccc3C2=O)oc1C(O[Si](C)C)C(C)(C)C. The molecule has 0 spiro atoms. The fourth-order valence-corrected chi connectivity index (χ4v) is 4.09. The van der Waals surface area contributed by atoms with Gasteiger partial charge in [-0.2, -0.15) is 0 Å². The van der Waals surface area contributed by atoms with E-state index in [-0.39, 0.29) is 29.9 Å². The fourth-order valence-electron chi connectivity index (χ4n) is 3.15. The zero-order valence-electron chi connectivity index (χ0n) is 16.6. The van der Waals surface area contributed by atoms with Crippen LogP contribution in [0, 0.1) is 12.3 Å². The summed E-state index contributed by atoms with van der Waals surface area (Å²) in [4.78, 5) is 30.8. The van der Waals surface area contributed by atoms with E-state index in [1.54, 1.807) is 24.3 Å². The number of benzene rings is 1. The highest BCUT2D eigenvalue weighted by molar-refractivity contribution is 6.48. The second-order valence-electron chi connectivity index (χ2n) is 8.07. The molecule has 1 atom stereocenters. The van der Waals surface area contributed by atoms with Crippen LogP contribution < -0.4 is 0 Å². The molecule has 0 N–H and O–H groups in total. The van der Waals surface area contributed by atoms with Crippen molar-refractivity contribution in [2.24, 2.45) is 5.41 Å². The van der Waals surface area contributed by atoms with Crippen LogP contribution in [-0.2, 0) is 11.0 Å². The second kappa shape index (κ2) is 7.05. The van der Waals surface area contributed by atoms with Crippen LogP contribution in [0.1, 0.15) is 64.9 Å². The quantitative estimate of drug-likeness (QED) is 0.571. The van der Waals surface area contributed by atoms with E-state index in [1.165, 1.54) is 4.90 Å². The van der Waals surface area contributed by atoms with Gasteiger partial charge in [-0.1, -0.05) is 32.9 Å². The van der Waals surface area contributed by atoms with Gasteiger partial charge in [0.15, 0.2) is 5.76 Å². The molecule has 27 heavy (non-hydrogen) atoms. The van der Waals surface area contributed by atoms with Gasteiger partial charge in [0.25, 0.3) is 11.8 Å². The van der Waals surface area contributed by atoms with Gasteiger partial charge in [-0.3, -0.25) is 14.5 Å². The van der Waals surface area contributed by atoms with Crippen LogP contribution in [0.2, 0.25) is 13.1 Å². The number of aromatic nitrogens is 1. The smallest absolute Gasteiger partial charge is 0.262 e. The number of hydrogen-bond acceptors (Lipinski definition) is 5. The van der Waals surface area contributed by atoms with Crippen molar-refractivity contribution < 1.29 is 18.4 Å². The Balaban J connectivity index is 1.87. The Bertz CT molecular complexity index is 847. The molecule has 143 valence electrons. The van der Waals surface area contributed by atoms with Crippen LogP contribution in [0.25, 0.3) is 0 Å². The number of rotatable bonds is 5. The third-order valence-electron chi connectivity index (χ3n) is 4.43. The maximum absolute atomic E-state index is 12.6. The lowest BCUT2D eigenvalue weighted by atomic mass is 9.87. The van der Waals surface area contributed by atoms with E-state index in [1.807, 2.05) is 6.92 Å². The third-order valence-corrected chi connectivity index (χ3v) is 5.13. The average Bonchev–Trinajstić information content (AvgIpc) is 3.05. The number of carbonyl (C=O) groups excluding carboxylic acids is 2. The average molecular weight is 386 g/mol. The highest BCUT2D eigenvalue weighted by Gasteiger charge is 2.37. The predicted octanol–water partition coefficient (Wildman–Crippen LogP) is 4.13. The second-order valence-corrected chi connectivity index (χ2v) is 10.1. The summed E-state index contributed by atoms with van der Waals surface area (Å²) in [6, 6.07) is 6.83. The van der Waals surface area contributed by atoms with E-state index in [2.05, 4.69) is 38.8 Å². The van der Waals surface area contributed by atoms with Gasteiger partial charge in [-0.05, 0) is 37.6 Å². The summed E-state index contributed by atoms with van der Waals surface area (Å²) < 4.78 is 12.2. The van der Waals surface area contributed by atoms with Gasteiger partial charge < -0.3 is 8.84 Å². The lowest BCUT2D eigenvalue weighted by Gasteiger charge is -2.30. The maximum Gasteiger partial charge on any atom is 0.262 e. The van der Waals surface area contributed by atoms with Crippen molar-refractivity contribution in [1.82, 2.24) is 9.88 Å². The Morgan fingerprint density at radius 2 is 1.70 bits per heavy atom. The summed E-state index contributed by atoms with van der Waals surface area (Å²) in [5.74, 6) is 0.379. The zero-order chi connectivity index (χ0) is 19.9. The molecular formula is C20H25N2O4Si. The molecule has 1 unspecified atom stereocenters. The summed E-state index contributed by atoms with van der Waals surface area (Å²) in [6.45, 7) is 12.3. The molecular weight excluding hydrogens is 360 g/mol. The molecule has 2 heterocycles. The largest absolute Gasteiger partial charge is 0.441 e. The highest BCUT2D eigenvalue weighted by atomic mass is 28.3. The number of oxazole rings is 1. The standard InChI is InChI=1S/C20H25N2O4Si/c1-12-16(17(20(2,3)4)26-27(5)6)25-15(21-12)11-22-18(23)13-9-7-8-10-14(13)19(22)24/h7-10,17H,11H2,1-6H3. The Kier molecular flexibility index (Phi) is 5.09. The van der Waals surface area contributed by atoms with E-state index >= 15 is 0 Å². The van der Waals surface area contributed by atoms with E-state index in [9.17, 15) is 9.59 Å². The number of amides is 2. The lowest BCUT2D eigenvalue weighted by Crippen LogP contribution is -2.29. The van der Waals surface area contributed by atoms with Gasteiger partial charge >= 0.3 is 0 Å². The van der Waals surface area contributed by atoms with Crippen LogP contribution in [-0.4, -0.2) is 30.7 Å². The van der Waals surface area contributed by atoms with Crippen molar-refractivity contribution in [2.75, 3.05) is 0 Å². The van der Waals surface area contributed by atoms with Crippen LogP contribution in [0.15, 0.2) is 28.7 Å². The molecule has 1 aromatic carbocycles. The number of imide groups is 1. The number of nitrogens with zero attached hydrogens (tertiary/aromatic N) is 2. The van der Waals surface area contributed by atoms with Crippen LogP contribution >= 0.6 is 0 Å².